The molecule has 1 aliphatic heterocycles. The maximum atomic E-state index is 12.4. The molecular formula is C16H23ClN2O3. The van der Waals surface area contributed by atoms with Crippen molar-refractivity contribution in [3.8, 4) is 0 Å². The Morgan fingerprint density at radius 3 is 3.00 bits per heavy atom. The number of nitrogens with one attached hydrogen (secondary N) is 1. The molecule has 0 bridgehead atoms. The summed E-state index contributed by atoms with van der Waals surface area (Å²) in [6.07, 6.45) is 0.585. The van der Waals surface area contributed by atoms with Crippen LogP contribution in [-0.2, 0) is 9.47 Å². The molecule has 1 aliphatic rings. The zero-order valence-corrected chi connectivity index (χ0v) is 13.8. The number of benzene rings is 1. The van der Waals surface area contributed by atoms with E-state index >= 15 is 0 Å². The van der Waals surface area contributed by atoms with Gasteiger partial charge in [-0.15, -0.1) is 0 Å². The number of halogens is 1. The topological polar surface area (TPSA) is 50.8 Å². The number of methoxy groups -OCH3 is 1. The lowest BCUT2D eigenvalue weighted by atomic mass is 10.1. The predicted octanol–water partition coefficient (Wildman–Crippen LogP) is 2.85. The van der Waals surface area contributed by atoms with Crippen LogP contribution < -0.4 is 5.32 Å². The second-order valence-corrected chi connectivity index (χ2v) is 5.78. The largest absolute Gasteiger partial charge is 0.380 e. The van der Waals surface area contributed by atoms with Crippen LogP contribution in [0.3, 0.4) is 0 Å². The SMILES string of the molecule is COC(CNC(=O)N1CCOCCC1C)c1ccccc1Cl. The van der Waals surface area contributed by atoms with E-state index in [2.05, 4.69) is 5.32 Å². The van der Waals surface area contributed by atoms with Gasteiger partial charge in [-0.05, 0) is 19.4 Å². The average Bonchev–Trinajstić information content (AvgIpc) is 2.74. The van der Waals surface area contributed by atoms with Gasteiger partial charge in [0.05, 0.1) is 6.61 Å². The second-order valence-electron chi connectivity index (χ2n) is 5.38. The highest BCUT2D eigenvalue weighted by Gasteiger charge is 2.23. The Morgan fingerprint density at radius 1 is 1.50 bits per heavy atom. The van der Waals surface area contributed by atoms with Crippen LogP contribution in [0.15, 0.2) is 24.3 Å². The Labute approximate surface area is 136 Å². The number of nitrogens with zero attached hydrogens (tertiary/aromatic N) is 1. The molecule has 2 amide bonds. The molecule has 2 unspecified atom stereocenters. The average molecular weight is 327 g/mol. The number of carbonyl (C=O) groups excluding carboxylic acids is 1. The van der Waals surface area contributed by atoms with Crippen molar-refractivity contribution < 1.29 is 14.3 Å². The zero-order valence-electron chi connectivity index (χ0n) is 13.0. The summed E-state index contributed by atoms with van der Waals surface area (Å²) in [5.74, 6) is 0. The minimum absolute atomic E-state index is 0.0906. The molecule has 2 atom stereocenters. The Bertz CT molecular complexity index is 498. The van der Waals surface area contributed by atoms with Gasteiger partial charge in [0, 0.05) is 43.4 Å². The summed E-state index contributed by atoms with van der Waals surface area (Å²) in [6.45, 7) is 4.30. The molecule has 6 heteroatoms. The fraction of sp³-hybridized carbons (Fsp3) is 0.562. The van der Waals surface area contributed by atoms with Crippen molar-refractivity contribution in [1.82, 2.24) is 10.2 Å². The molecule has 122 valence electrons. The summed E-state index contributed by atoms with van der Waals surface area (Å²) in [5, 5.41) is 3.57. The monoisotopic (exact) mass is 326 g/mol. The lowest BCUT2D eigenvalue weighted by Crippen LogP contribution is -2.46. The van der Waals surface area contributed by atoms with Gasteiger partial charge in [0.1, 0.15) is 6.10 Å². The molecule has 5 nitrogen and oxygen atoms in total. The highest BCUT2D eigenvalue weighted by molar-refractivity contribution is 6.31. The Kier molecular flexibility index (Phi) is 6.49. The molecule has 1 heterocycles. The lowest BCUT2D eigenvalue weighted by Gasteiger charge is -2.27. The molecule has 1 N–H and O–H groups in total. The van der Waals surface area contributed by atoms with Gasteiger partial charge < -0.3 is 19.7 Å². The first-order valence-corrected chi connectivity index (χ1v) is 7.90. The van der Waals surface area contributed by atoms with E-state index in [0.717, 1.165) is 12.0 Å². The summed E-state index contributed by atoms with van der Waals surface area (Å²) < 4.78 is 10.9. The highest BCUT2D eigenvalue weighted by Crippen LogP contribution is 2.24. The third-order valence-electron chi connectivity index (χ3n) is 3.92. The zero-order chi connectivity index (χ0) is 15.9. The maximum absolute atomic E-state index is 12.4. The summed E-state index contributed by atoms with van der Waals surface area (Å²) in [5.41, 5.74) is 0.874. The van der Waals surface area contributed by atoms with Gasteiger partial charge in [0.25, 0.3) is 0 Å². The Morgan fingerprint density at radius 2 is 2.27 bits per heavy atom. The normalized spacial score (nSPS) is 20.3. The highest BCUT2D eigenvalue weighted by atomic mass is 35.5. The number of carbonyl (C=O) groups is 1. The quantitative estimate of drug-likeness (QED) is 0.925. The van der Waals surface area contributed by atoms with Crippen LogP contribution >= 0.6 is 11.6 Å². The second kappa shape index (κ2) is 8.36. The summed E-state index contributed by atoms with van der Waals surface area (Å²) in [6, 6.07) is 7.58. The van der Waals surface area contributed by atoms with Crippen molar-refractivity contribution >= 4 is 17.6 Å². The van der Waals surface area contributed by atoms with E-state index in [1.807, 2.05) is 36.1 Å². The predicted molar refractivity (Wildman–Crippen MR) is 86.2 cm³/mol. The van der Waals surface area contributed by atoms with E-state index < -0.39 is 0 Å². The van der Waals surface area contributed by atoms with Crippen molar-refractivity contribution in [2.45, 2.75) is 25.5 Å². The van der Waals surface area contributed by atoms with Crippen LogP contribution in [-0.4, -0.2) is 50.4 Å². The van der Waals surface area contributed by atoms with Crippen molar-refractivity contribution in [1.29, 1.82) is 0 Å². The third-order valence-corrected chi connectivity index (χ3v) is 4.27. The summed E-state index contributed by atoms with van der Waals surface area (Å²) in [7, 11) is 1.61. The van der Waals surface area contributed by atoms with Crippen LogP contribution in [0.2, 0.25) is 5.02 Å². The van der Waals surface area contributed by atoms with Gasteiger partial charge in [-0.3, -0.25) is 0 Å². The van der Waals surface area contributed by atoms with E-state index in [9.17, 15) is 4.79 Å². The van der Waals surface area contributed by atoms with Gasteiger partial charge >= 0.3 is 6.03 Å². The van der Waals surface area contributed by atoms with Crippen molar-refractivity contribution in [2.24, 2.45) is 0 Å². The smallest absolute Gasteiger partial charge is 0.317 e. The number of urea groups is 1. The molecule has 2 rings (SSSR count). The Hall–Kier alpha value is -1.30. The number of ether oxygens (including phenoxy) is 2. The first-order chi connectivity index (χ1) is 10.6. The minimum atomic E-state index is -0.267. The van der Waals surface area contributed by atoms with E-state index in [4.69, 9.17) is 21.1 Å². The Balaban J connectivity index is 1.95. The fourth-order valence-corrected chi connectivity index (χ4v) is 2.79. The lowest BCUT2D eigenvalue weighted by molar-refractivity contribution is 0.0997. The molecule has 22 heavy (non-hydrogen) atoms. The van der Waals surface area contributed by atoms with Gasteiger partial charge in [0.2, 0.25) is 0 Å². The van der Waals surface area contributed by atoms with Crippen LogP contribution in [0, 0.1) is 0 Å². The molecule has 0 spiro atoms. The number of amides is 2. The third kappa shape index (κ3) is 4.35. The standard InChI is InChI=1S/C16H23ClN2O3/c1-12-7-9-22-10-8-19(12)16(20)18-11-15(21-2)13-5-3-4-6-14(13)17/h3-6,12,15H,7-11H2,1-2H3,(H,18,20). The molecule has 1 saturated heterocycles. The number of hydrogen-bond donors (Lipinski definition) is 1. The molecule has 0 saturated carbocycles. The van der Waals surface area contributed by atoms with Crippen molar-refractivity contribution in [3.05, 3.63) is 34.9 Å². The summed E-state index contributed by atoms with van der Waals surface area (Å²) in [4.78, 5) is 14.2. The van der Waals surface area contributed by atoms with Gasteiger partial charge in [-0.2, -0.15) is 0 Å². The molecule has 0 aromatic heterocycles. The maximum Gasteiger partial charge on any atom is 0.317 e. The van der Waals surface area contributed by atoms with Gasteiger partial charge in [-0.1, -0.05) is 29.8 Å². The number of hydrogen-bond acceptors (Lipinski definition) is 3. The van der Waals surface area contributed by atoms with E-state index in [1.54, 1.807) is 7.11 Å². The molecule has 0 radical (unpaired) electrons. The van der Waals surface area contributed by atoms with E-state index in [-0.39, 0.29) is 18.2 Å². The van der Waals surface area contributed by atoms with Crippen LogP contribution in [0.1, 0.15) is 25.0 Å². The van der Waals surface area contributed by atoms with Crippen LogP contribution in [0.4, 0.5) is 4.79 Å². The first-order valence-electron chi connectivity index (χ1n) is 7.53. The van der Waals surface area contributed by atoms with Crippen LogP contribution in [0.25, 0.3) is 0 Å². The number of rotatable bonds is 4. The van der Waals surface area contributed by atoms with E-state index in [0.29, 0.717) is 31.3 Å². The van der Waals surface area contributed by atoms with E-state index in [1.165, 1.54) is 0 Å². The van der Waals surface area contributed by atoms with Crippen molar-refractivity contribution in [3.63, 3.8) is 0 Å². The van der Waals surface area contributed by atoms with Crippen LogP contribution in [0.5, 0.6) is 0 Å². The fourth-order valence-electron chi connectivity index (χ4n) is 2.53. The molecule has 0 aliphatic carbocycles. The molecule has 1 aromatic carbocycles. The minimum Gasteiger partial charge on any atom is -0.380 e. The van der Waals surface area contributed by atoms with Gasteiger partial charge in [-0.25, -0.2) is 4.79 Å². The first kappa shape index (κ1) is 17.1. The van der Waals surface area contributed by atoms with Gasteiger partial charge in [0.15, 0.2) is 0 Å². The molecule has 1 aromatic rings. The summed E-state index contributed by atoms with van der Waals surface area (Å²) >= 11 is 6.19. The molecular weight excluding hydrogens is 304 g/mol. The molecule has 1 fully saturated rings. The van der Waals surface area contributed by atoms with Crippen molar-refractivity contribution in [2.75, 3.05) is 33.4 Å².